The molecular weight excluding hydrogens is 174 g/mol. The topological polar surface area (TPSA) is 41.3 Å². The molecule has 0 spiro atoms. The maximum atomic E-state index is 5.52. The van der Waals surface area contributed by atoms with Crippen LogP contribution < -0.4 is 11.1 Å². The molecule has 0 radical (unpaired) electrons. The number of hydrogen-bond donors (Lipinski definition) is 2. The summed E-state index contributed by atoms with van der Waals surface area (Å²) in [4.78, 5) is 2.54. The number of nitrogens with two attached hydrogens (primary N) is 1. The van der Waals surface area contributed by atoms with Gasteiger partial charge in [0.15, 0.2) is 0 Å². The van der Waals surface area contributed by atoms with Crippen LogP contribution in [0.5, 0.6) is 0 Å². The average molecular weight is 199 g/mol. The number of hydrogen-bond acceptors (Lipinski definition) is 3. The van der Waals surface area contributed by atoms with Gasteiger partial charge < -0.3 is 16.0 Å². The summed E-state index contributed by atoms with van der Waals surface area (Å²) in [6, 6.07) is 0.696. The number of nitrogens with one attached hydrogen (secondary N) is 1. The predicted octanol–water partition coefficient (Wildman–Crippen LogP) is 0.655. The fourth-order valence-corrected chi connectivity index (χ4v) is 2.14. The van der Waals surface area contributed by atoms with Crippen LogP contribution in [0.4, 0.5) is 0 Å². The van der Waals surface area contributed by atoms with Gasteiger partial charge in [-0.25, -0.2) is 0 Å². The van der Waals surface area contributed by atoms with Gasteiger partial charge in [-0.1, -0.05) is 13.8 Å². The molecule has 1 aliphatic heterocycles. The molecule has 1 fully saturated rings. The van der Waals surface area contributed by atoms with Crippen molar-refractivity contribution >= 4 is 0 Å². The fourth-order valence-electron chi connectivity index (χ4n) is 2.14. The molecule has 84 valence electrons. The van der Waals surface area contributed by atoms with Crippen molar-refractivity contribution in [2.75, 3.05) is 32.7 Å². The molecule has 0 aromatic rings. The van der Waals surface area contributed by atoms with Crippen molar-refractivity contribution in [3.8, 4) is 0 Å². The van der Waals surface area contributed by atoms with Gasteiger partial charge in [-0.05, 0) is 31.8 Å². The van der Waals surface area contributed by atoms with E-state index < -0.39 is 0 Å². The maximum Gasteiger partial charge on any atom is 0.0197 e. The average Bonchev–Trinajstić information content (AvgIpc) is 2.14. The van der Waals surface area contributed by atoms with E-state index in [0.717, 1.165) is 25.4 Å². The summed E-state index contributed by atoms with van der Waals surface area (Å²) in [7, 11) is 0. The second-order valence-electron chi connectivity index (χ2n) is 4.72. The van der Waals surface area contributed by atoms with E-state index in [1.807, 2.05) is 0 Å². The standard InChI is InChI=1S/C11H25N3/c1-10(2)8-11-9-14(6-3-4-12)7-5-13-11/h10-11,13H,3-9,12H2,1-2H3. The van der Waals surface area contributed by atoms with Gasteiger partial charge in [0.25, 0.3) is 0 Å². The maximum absolute atomic E-state index is 5.52. The van der Waals surface area contributed by atoms with Crippen molar-refractivity contribution in [2.24, 2.45) is 11.7 Å². The van der Waals surface area contributed by atoms with Gasteiger partial charge in [0, 0.05) is 25.7 Å². The molecule has 0 aromatic carbocycles. The monoisotopic (exact) mass is 199 g/mol. The summed E-state index contributed by atoms with van der Waals surface area (Å²) >= 11 is 0. The van der Waals surface area contributed by atoms with Crippen molar-refractivity contribution in [1.29, 1.82) is 0 Å². The van der Waals surface area contributed by atoms with Crippen molar-refractivity contribution in [1.82, 2.24) is 10.2 Å². The first-order valence-electron chi connectivity index (χ1n) is 5.88. The lowest BCUT2D eigenvalue weighted by Gasteiger charge is -2.34. The lowest BCUT2D eigenvalue weighted by Crippen LogP contribution is -2.51. The van der Waals surface area contributed by atoms with Gasteiger partial charge in [-0.3, -0.25) is 0 Å². The van der Waals surface area contributed by atoms with Gasteiger partial charge in [0.2, 0.25) is 0 Å². The highest BCUT2D eigenvalue weighted by Crippen LogP contribution is 2.09. The lowest BCUT2D eigenvalue weighted by atomic mass is 10.0. The summed E-state index contributed by atoms with van der Waals surface area (Å²) in [6.07, 6.45) is 2.42. The highest BCUT2D eigenvalue weighted by molar-refractivity contribution is 4.79. The van der Waals surface area contributed by atoms with E-state index in [9.17, 15) is 0 Å². The molecule has 1 unspecified atom stereocenters. The lowest BCUT2D eigenvalue weighted by molar-refractivity contribution is 0.186. The molecule has 14 heavy (non-hydrogen) atoms. The van der Waals surface area contributed by atoms with Crippen LogP contribution in [-0.2, 0) is 0 Å². The minimum atomic E-state index is 0.696. The highest BCUT2D eigenvalue weighted by atomic mass is 15.2. The van der Waals surface area contributed by atoms with Gasteiger partial charge in [-0.15, -0.1) is 0 Å². The Morgan fingerprint density at radius 3 is 2.93 bits per heavy atom. The first-order valence-corrected chi connectivity index (χ1v) is 5.88. The molecule has 0 aliphatic carbocycles. The van der Waals surface area contributed by atoms with Crippen LogP contribution in [0.1, 0.15) is 26.7 Å². The predicted molar refractivity (Wildman–Crippen MR) is 61.4 cm³/mol. The van der Waals surface area contributed by atoms with Gasteiger partial charge in [0.05, 0.1) is 0 Å². The van der Waals surface area contributed by atoms with Gasteiger partial charge >= 0.3 is 0 Å². The minimum Gasteiger partial charge on any atom is -0.330 e. The van der Waals surface area contributed by atoms with Crippen LogP contribution in [0.15, 0.2) is 0 Å². The van der Waals surface area contributed by atoms with Crippen LogP contribution in [0.25, 0.3) is 0 Å². The number of rotatable bonds is 5. The molecule has 0 bridgehead atoms. The van der Waals surface area contributed by atoms with Crippen molar-refractivity contribution < 1.29 is 0 Å². The van der Waals surface area contributed by atoms with Crippen LogP contribution in [0.2, 0.25) is 0 Å². The molecule has 0 amide bonds. The Balaban J connectivity index is 2.21. The molecule has 3 nitrogen and oxygen atoms in total. The Morgan fingerprint density at radius 2 is 2.29 bits per heavy atom. The Hall–Kier alpha value is -0.120. The first kappa shape index (κ1) is 12.0. The van der Waals surface area contributed by atoms with E-state index >= 15 is 0 Å². The van der Waals surface area contributed by atoms with E-state index in [1.54, 1.807) is 0 Å². The van der Waals surface area contributed by atoms with Crippen LogP contribution in [0, 0.1) is 5.92 Å². The van der Waals surface area contributed by atoms with Crippen molar-refractivity contribution in [3.05, 3.63) is 0 Å². The molecule has 1 rings (SSSR count). The second kappa shape index (κ2) is 6.38. The third kappa shape index (κ3) is 4.40. The van der Waals surface area contributed by atoms with E-state index in [0.29, 0.717) is 6.04 Å². The molecule has 0 aromatic heterocycles. The van der Waals surface area contributed by atoms with Crippen LogP contribution in [0.3, 0.4) is 0 Å². The third-order valence-electron chi connectivity index (χ3n) is 2.77. The zero-order valence-electron chi connectivity index (χ0n) is 9.63. The summed E-state index contributed by atoms with van der Waals surface area (Å²) in [6.45, 7) is 10.1. The SMILES string of the molecule is CC(C)CC1CN(CCCN)CCN1. The molecule has 3 N–H and O–H groups in total. The van der Waals surface area contributed by atoms with E-state index in [1.165, 1.54) is 26.1 Å². The molecule has 3 heteroatoms. The normalized spacial score (nSPS) is 24.4. The second-order valence-corrected chi connectivity index (χ2v) is 4.72. The van der Waals surface area contributed by atoms with Gasteiger partial charge in [-0.2, -0.15) is 0 Å². The molecule has 1 atom stereocenters. The summed E-state index contributed by atoms with van der Waals surface area (Å²) in [5, 5.41) is 3.58. The third-order valence-corrected chi connectivity index (χ3v) is 2.77. The first-order chi connectivity index (χ1) is 6.72. The van der Waals surface area contributed by atoms with E-state index in [-0.39, 0.29) is 0 Å². The van der Waals surface area contributed by atoms with E-state index in [4.69, 9.17) is 5.73 Å². The summed E-state index contributed by atoms with van der Waals surface area (Å²) in [5.74, 6) is 0.793. The zero-order valence-corrected chi connectivity index (χ0v) is 9.63. The van der Waals surface area contributed by atoms with Gasteiger partial charge in [0.1, 0.15) is 0 Å². The van der Waals surface area contributed by atoms with Crippen molar-refractivity contribution in [3.63, 3.8) is 0 Å². The van der Waals surface area contributed by atoms with Crippen LogP contribution >= 0.6 is 0 Å². The minimum absolute atomic E-state index is 0.696. The number of nitrogens with zero attached hydrogens (tertiary/aromatic N) is 1. The Bertz CT molecular complexity index is 147. The van der Waals surface area contributed by atoms with Crippen molar-refractivity contribution in [2.45, 2.75) is 32.7 Å². The quantitative estimate of drug-likeness (QED) is 0.683. The fraction of sp³-hybridized carbons (Fsp3) is 1.00. The smallest absolute Gasteiger partial charge is 0.0197 e. The molecule has 1 heterocycles. The van der Waals surface area contributed by atoms with Crippen LogP contribution in [-0.4, -0.2) is 43.7 Å². The largest absolute Gasteiger partial charge is 0.330 e. The summed E-state index contributed by atoms with van der Waals surface area (Å²) in [5.41, 5.74) is 5.52. The molecular formula is C11H25N3. The van der Waals surface area contributed by atoms with E-state index in [2.05, 4.69) is 24.1 Å². The Labute approximate surface area is 88.0 Å². The molecule has 1 saturated heterocycles. The molecule has 1 aliphatic rings. The highest BCUT2D eigenvalue weighted by Gasteiger charge is 2.19. The zero-order chi connectivity index (χ0) is 10.4. The number of piperazine rings is 1. The Kier molecular flexibility index (Phi) is 5.45. The Morgan fingerprint density at radius 1 is 1.50 bits per heavy atom. The molecule has 0 saturated carbocycles. The summed E-state index contributed by atoms with van der Waals surface area (Å²) < 4.78 is 0.